The summed E-state index contributed by atoms with van der Waals surface area (Å²) in [5.74, 6) is -0.0715. The SMILES string of the molecule is COc1cccc(/C=N\NC(=O)c2ccc(Cl)cc2)c1O. The molecule has 0 aliphatic rings. The highest BCUT2D eigenvalue weighted by molar-refractivity contribution is 6.30. The molecule has 0 unspecified atom stereocenters. The molecule has 0 aliphatic carbocycles. The molecule has 0 spiro atoms. The molecule has 0 saturated heterocycles. The number of methoxy groups -OCH3 is 1. The Morgan fingerprint density at radius 3 is 2.67 bits per heavy atom. The zero-order valence-electron chi connectivity index (χ0n) is 11.2. The van der Waals surface area contributed by atoms with E-state index in [0.29, 0.717) is 21.9 Å². The normalized spacial score (nSPS) is 10.6. The summed E-state index contributed by atoms with van der Waals surface area (Å²) in [6.45, 7) is 0. The molecule has 0 heterocycles. The standard InChI is InChI=1S/C15H13ClN2O3/c1-21-13-4-2-3-11(14(13)19)9-17-18-15(20)10-5-7-12(16)8-6-10/h2-9,19H,1H3,(H,18,20)/b17-9-. The summed E-state index contributed by atoms with van der Waals surface area (Å²) in [4.78, 5) is 11.8. The Bertz CT molecular complexity index is 669. The fourth-order valence-electron chi connectivity index (χ4n) is 1.63. The third-order valence-electron chi connectivity index (χ3n) is 2.73. The van der Waals surface area contributed by atoms with E-state index >= 15 is 0 Å². The van der Waals surface area contributed by atoms with Crippen LogP contribution >= 0.6 is 11.6 Å². The number of carbonyl (C=O) groups is 1. The molecule has 0 aromatic heterocycles. The molecule has 1 amide bonds. The van der Waals surface area contributed by atoms with E-state index in [1.165, 1.54) is 13.3 Å². The lowest BCUT2D eigenvalue weighted by Gasteiger charge is -2.05. The number of halogens is 1. The number of phenols is 1. The van der Waals surface area contributed by atoms with Crippen molar-refractivity contribution in [2.75, 3.05) is 7.11 Å². The summed E-state index contributed by atoms with van der Waals surface area (Å²) in [6.07, 6.45) is 1.34. The van der Waals surface area contributed by atoms with Gasteiger partial charge in [-0.2, -0.15) is 5.10 Å². The van der Waals surface area contributed by atoms with Gasteiger partial charge in [0.1, 0.15) is 0 Å². The second kappa shape index (κ2) is 6.76. The fourth-order valence-corrected chi connectivity index (χ4v) is 1.76. The number of rotatable bonds is 4. The molecular weight excluding hydrogens is 292 g/mol. The Balaban J connectivity index is 2.05. The van der Waals surface area contributed by atoms with E-state index in [4.69, 9.17) is 16.3 Å². The summed E-state index contributed by atoms with van der Waals surface area (Å²) in [5, 5.41) is 14.2. The van der Waals surface area contributed by atoms with Crippen molar-refractivity contribution in [2.45, 2.75) is 0 Å². The predicted octanol–water partition coefficient (Wildman–Crippen LogP) is 2.82. The van der Waals surface area contributed by atoms with Crippen LogP contribution in [-0.2, 0) is 0 Å². The van der Waals surface area contributed by atoms with E-state index in [2.05, 4.69) is 10.5 Å². The van der Waals surface area contributed by atoms with Crippen LogP contribution in [0.3, 0.4) is 0 Å². The largest absolute Gasteiger partial charge is 0.504 e. The van der Waals surface area contributed by atoms with Gasteiger partial charge in [0.25, 0.3) is 5.91 Å². The second-order valence-corrected chi connectivity index (χ2v) is 4.54. The molecule has 2 aromatic rings. The van der Waals surface area contributed by atoms with E-state index in [1.54, 1.807) is 42.5 Å². The van der Waals surface area contributed by atoms with Gasteiger partial charge in [-0.3, -0.25) is 4.79 Å². The first-order valence-corrected chi connectivity index (χ1v) is 6.44. The number of aromatic hydroxyl groups is 1. The minimum absolute atomic E-state index is 0.0375. The van der Waals surface area contributed by atoms with Crippen LogP contribution in [0.1, 0.15) is 15.9 Å². The van der Waals surface area contributed by atoms with Crippen LogP contribution in [0.5, 0.6) is 11.5 Å². The molecular formula is C15H13ClN2O3. The summed E-state index contributed by atoms with van der Waals surface area (Å²) in [7, 11) is 1.46. The van der Waals surface area contributed by atoms with Crippen molar-refractivity contribution in [3.8, 4) is 11.5 Å². The van der Waals surface area contributed by atoms with Gasteiger partial charge in [-0.05, 0) is 36.4 Å². The number of benzene rings is 2. The first-order chi connectivity index (χ1) is 10.1. The molecule has 0 bridgehead atoms. The lowest BCUT2D eigenvalue weighted by molar-refractivity contribution is 0.0955. The van der Waals surface area contributed by atoms with Crippen molar-refractivity contribution in [1.29, 1.82) is 0 Å². The predicted molar refractivity (Wildman–Crippen MR) is 81.2 cm³/mol. The molecule has 0 fully saturated rings. The van der Waals surface area contributed by atoms with Gasteiger partial charge in [-0.25, -0.2) is 5.43 Å². The van der Waals surface area contributed by atoms with Gasteiger partial charge in [0.15, 0.2) is 11.5 Å². The Labute approximate surface area is 126 Å². The lowest BCUT2D eigenvalue weighted by atomic mass is 10.2. The highest BCUT2D eigenvalue weighted by Crippen LogP contribution is 2.27. The Morgan fingerprint density at radius 1 is 1.29 bits per heavy atom. The Kier molecular flexibility index (Phi) is 4.79. The molecule has 108 valence electrons. The summed E-state index contributed by atoms with van der Waals surface area (Å²) in [5.41, 5.74) is 3.24. The number of nitrogens with zero attached hydrogens (tertiary/aromatic N) is 1. The number of carbonyl (C=O) groups excluding carboxylic acids is 1. The van der Waals surface area contributed by atoms with Crippen molar-refractivity contribution in [1.82, 2.24) is 5.43 Å². The average molecular weight is 305 g/mol. The maximum Gasteiger partial charge on any atom is 0.271 e. The maximum atomic E-state index is 11.8. The van der Waals surface area contributed by atoms with Crippen LogP contribution in [0.15, 0.2) is 47.6 Å². The highest BCUT2D eigenvalue weighted by Gasteiger charge is 2.06. The molecule has 2 N–H and O–H groups in total. The molecule has 0 atom stereocenters. The number of nitrogens with one attached hydrogen (secondary N) is 1. The number of amides is 1. The van der Waals surface area contributed by atoms with E-state index in [-0.39, 0.29) is 11.7 Å². The molecule has 6 heteroatoms. The van der Waals surface area contributed by atoms with Gasteiger partial charge < -0.3 is 9.84 Å². The van der Waals surface area contributed by atoms with E-state index in [9.17, 15) is 9.90 Å². The average Bonchev–Trinajstić information content (AvgIpc) is 2.49. The zero-order chi connectivity index (χ0) is 15.2. The van der Waals surface area contributed by atoms with Gasteiger partial charge >= 0.3 is 0 Å². The molecule has 2 rings (SSSR count). The van der Waals surface area contributed by atoms with Crippen LogP contribution < -0.4 is 10.2 Å². The third kappa shape index (κ3) is 3.73. The molecule has 2 aromatic carbocycles. The molecule has 0 saturated carbocycles. The summed E-state index contributed by atoms with van der Waals surface area (Å²) >= 11 is 5.75. The van der Waals surface area contributed by atoms with Crippen LogP contribution in [0, 0.1) is 0 Å². The lowest BCUT2D eigenvalue weighted by Crippen LogP contribution is -2.17. The van der Waals surface area contributed by atoms with E-state index in [1.807, 2.05) is 0 Å². The van der Waals surface area contributed by atoms with Crippen LogP contribution in [0.4, 0.5) is 0 Å². The first kappa shape index (κ1) is 14.9. The Hall–Kier alpha value is -2.53. The van der Waals surface area contributed by atoms with Gasteiger partial charge in [0, 0.05) is 16.1 Å². The molecule has 21 heavy (non-hydrogen) atoms. The monoisotopic (exact) mass is 304 g/mol. The molecule has 0 aliphatic heterocycles. The van der Waals surface area contributed by atoms with Crippen molar-refractivity contribution >= 4 is 23.7 Å². The smallest absolute Gasteiger partial charge is 0.271 e. The van der Waals surface area contributed by atoms with Crippen molar-refractivity contribution in [3.05, 3.63) is 58.6 Å². The minimum atomic E-state index is -0.370. The first-order valence-electron chi connectivity index (χ1n) is 6.06. The van der Waals surface area contributed by atoms with Gasteiger partial charge in [-0.1, -0.05) is 17.7 Å². The van der Waals surface area contributed by atoms with Crippen LogP contribution in [0.2, 0.25) is 5.02 Å². The number of ether oxygens (including phenoxy) is 1. The van der Waals surface area contributed by atoms with Crippen LogP contribution in [0.25, 0.3) is 0 Å². The summed E-state index contributed by atoms with van der Waals surface area (Å²) in [6, 6.07) is 11.4. The second-order valence-electron chi connectivity index (χ2n) is 4.10. The maximum absolute atomic E-state index is 11.8. The number of hydrazone groups is 1. The van der Waals surface area contributed by atoms with Crippen molar-refractivity contribution in [3.63, 3.8) is 0 Å². The quantitative estimate of drug-likeness (QED) is 0.674. The minimum Gasteiger partial charge on any atom is -0.504 e. The van der Waals surface area contributed by atoms with Gasteiger partial charge in [0.2, 0.25) is 0 Å². The molecule has 5 nitrogen and oxygen atoms in total. The summed E-state index contributed by atoms with van der Waals surface area (Å²) < 4.78 is 4.98. The fraction of sp³-hybridized carbons (Fsp3) is 0.0667. The van der Waals surface area contributed by atoms with E-state index < -0.39 is 0 Å². The third-order valence-corrected chi connectivity index (χ3v) is 2.98. The molecule has 0 radical (unpaired) electrons. The van der Waals surface area contributed by atoms with Crippen LogP contribution in [-0.4, -0.2) is 24.3 Å². The van der Waals surface area contributed by atoms with Crippen molar-refractivity contribution < 1.29 is 14.6 Å². The van der Waals surface area contributed by atoms with Gasteiger partial charge in [-0.15, -0.1) is 0 Å². The highest BCUT2D eigenvalue weighted by atomic mass is 35.5. The Morgan fingerprint density at radius 2 is 2.00 bits per heavy atom. The van der Waals surface area contributed by atoms with Crippen molar-refractivity contribution in [2.24, 2.45) is 5.10 Å². The van der Waals surface area contributed by atoms with Gasteiger partial charge in [0.05, 0.1) is 13.3 Å². The number of hydrogen-bond acceptors (Lipinski definition) is 4. The zero-order valence-corrected chi connectivity index (χ0v) is 12.0. The number of phenolic OH excluding ortho intramolecular Hbond substituents is 1. The number of para-hydroxylation sites is 1. The van der Waals surface area contributed by atoms with E-state index in [0.717, 1.165) is 0 Å². The number of hydrogen-bond donors (Lipinski definition) is 2. The topological polar surface area (TPSA) is 70.9 Å².